The summed E-state index contributed by atoms with van der Waals surface area (Å²) in [4.78, 5) is 8.02. The molecule has 0 bridgehead atoms. The van der Waals surface area contributed by atoms with E-state index in [1.54, 1.807) is 54.6 Å². The van der Waals surface area contributed by atoms with Crippen LogP contribution in [0.25, 0.3) is 0 Å². The van der Waals surface area contributed by atoms with Gasteiger partial charge in [0.05, 0.1) is 12.4 Å². The second-order valence-corrected chi connectivity index (χ2v) is 9.16. The van der Waals surface area contributed by atoms with Gasteiger partial charge in [0.1, 0.15) is 11.6 Å². The fourth-order valence-electron chi connectivity index (χ4n) is 3.49. The lowest BCUT2D eigenvalue weighted by Gasteiger charge is -2.23. The quantitative estimate of drug-likeness (QED) is 0.453. The molecule has 0 atom stereocenters. The van der Waals surface area contributed by atoms with Crippen molar-refractivity contribution in [2.24, 2.45) is 0 Å². The molecule has 0 radical (unpaired) electrons. The van der Waals surface area contributed by atoms with Crippen molar-refractivity contribution in [3.63, 3.8) is 0 Å². The van der Waals surface area contributed by atoms with Crippen LogP contribution in [-0.4, -0.2) is 31.3 Å². The van der Waals surface area contributed by atoms with Crippen molar-refractivity contribution >= 4 is 27.4 Å². The predicted octanol–water partition coefficient (Wildman–Crippen LogP) is 4.89. The van der Waals surface area contributed by atoms with Crippen LogP contribution in [0.15, 0.2) is 84.8 Å². The summed E-state index contributed by atoms with van der Waals surface area (Å²) >= 11 is 0. The minimum Gasteiger partial charge on any atom is -0.406 e. The molecule has 35 heavy (non-hydrogen) atoms. The van der Waals surface area contributed by atoms with Crippen LogP contribution in [-0.2, 0) is 16.8 Å². The molecule has 1 aliphatic heterocycles. The number of anilines is 3. The van der Waals surface area contributed by atoms with Crippen LogP contribution in [0.4, 0.5) is 30.4 Å². The fraction of sp³-hybridized carbons (Fsp3) is 0.174. The molecule has 0 saturated heterocycles. The topological polar surface area (TPSA) is 86.8 Å². The average molecular weight is 506 g/mol. The minimum atomic E-state index is -4.74. The van der Waals surface area contributed by atoms with Crippen molar-refractivity contribution in [2.75, 3.05) is 21.0 Å². The molecule has 2 aromatic carbocycles. The molecule has 0 spiro atoms. The lowest BCUT2D eigenvalue weighted by Crippen LogP contribution is -2.26. The van der Waals surface area contributed by atoms with E-state index < -0.39 is 16.6 Å². The van der Waals surface area contributed by atoms with Crippen LogP contribution in [0, 0.1) is 0 Å². The number of benzene rings is 2. The number of pyridine rings is 1. The summed E-state index contributed by atoms with van der Waals surface area (Å²) in [6.07, 6.45) is -1.34. The zero-order valence-corrected chi connectivity index (χ0v) is 19.3. The van der Waals surface area contributed by atoms with Crippen LogP contribution in [0.5, 0.6) is 5.75 Å². The molecule has 0 saturated carbocycles. The normalized spacial score (nSPS) is 14.0. The Hall–Kier alpha value is -3.93. The molecule has 1 aliphatic rings. The Morgan fingerprint density at radius 2 is 1.74 bits per heavy atom. The van der Waals surface area contributed by atoms with Crippen molar-refractivity contribution in [2.45, 2.75) is 19.8 Å². The predicted molar refractivity (Wildman–Crippen MR) is 127 cm³/mol. The first-order valence-corrected chi connectivity index (χ1v) is 11.9. The van der Waals surface area contributed by atoms with Crippen molar-refractivity contribution in [3.05, 3.63) is 90.4 Å². The highest BCUT2D eigenvalue weighted by atomic mass is 32.2. The van der Waals surface area contributed by atoms with Gasteiger partial charge in [-0.2, -0.15) is 8.42 Å². The number of nitrogens with zero attached hydrogens (tertiary/aromatic N) is 3. The maximum absolute atomic E-state index is 12.4. The SMILES string of the molecule is CC1=CN(c2ccc(OC(F)(F)F)cc2)CN1Cc1ccnc(NS(=O)(=O)Nc2ccccc2)c1. The molecule has 3 aromatic rings. The molecular weight excluding hydrogens is 483 g/mol. The molecule has 0 amide bonds. The number of aromatic nitrogens is 1. The van der Waals surface area contributed by atoms with Gasteiger partial charge in [0, 0.05) is 30.3 Å². The lowest BCUT2D eigenvalue weighted by molar-refractivity contribution is -0.274. The molecule has 8 nitrogen and oxygen atoms in total. The molecule has 4 rings (SSSR count). The first-order chi connectivity index (χ1) is 16.6. The zero-order chi connectivity index (χ0) is 25.1. The number of hydrogen-bond donors (Lipinski definition) is 2. The second-order valence-electron chi connectivity index (χ2n) is 7.74. The van der Waals surface area contributed by atoms with Crippen molar-refractivity contribution in [1.29, 1.82) is 0 Å². The minimum absolute atomic E-state index is 0.170. The van der Waals surface area contributed by atoms with Gasteiger partial charge in [-0.1, -0.05) is 18.2 Å². The van der Waals surface area contributed by atoms with E-state index in [1.807, 2.05) is 22.9 Å². The number of ether oxygens (including phenoxy) is 1. The van der Waals surface area contributed by atoms with Gasteiger partial charge in [-0.3, -0.25) is 9.44 Å². The van der Waals surface area contributed by atoms with Crippen LogP contribution in [0.2, 0.25) is 0 Å². The molecule has 2 heterocycles. The Bertz CT molecular complexity index is 1300. The van der Waals surface area contributed by atoms with E-state index in [1.165, 1.54) is 18.3 Å². The van der Waals surface area contributed by atoms with E-state index in [-0.39, 0.29) is 11.6 Å². The summed E-state index contributed by atoms with van der Waals surface area (Å²) in [5.41, 5.74) is 2.88. The van der Waals surface area contributed by atoms with Crippen LogP contribution in [0.3, 0.4) is 0 Å². The second kappa shape index (κ2) is 9.74. The lowest BCUT2D eigenvalue weighted by atomic mass is 10.2. The number of rotatable bonds is 8. The van der Waals surface area contributed by atoms with E-state index in [0.29, 0.717) is 24.6 Å². The summed E-state index contributed by atoms with van der Waals surface area (Å²) in [5, 5.41) is 0. The fourth-order valence-corrected chi connectivity index (χ4v) is 4.37. The van der Waals surface area contributed by atoms with Gasteiger partial charge in [0.15, 0.2) is 0 Å². The van der Waals surface area contributed by atoms with E-state index in [0.717, 1.165) is 11.3 Å². The Morgan fingerprint density at radius 3 is 2.43 bits per heavy atom. The smallest absolute Gasteiger partial charge is 0.406 e. The van der Waals surface area contributed by atoms with Gasteiger partial charge in [0.25, 0.3) is 0 Å². The molecule has 184 valence electrons. The highest BCUT2D eigenvalue weighted by Crippen LogP contribution is 2.29. The van der Waals surface area contributed by atoms with Gasteiger partial charge in [-0.15, -0.1) is 13.2 Å². The third-order valence-corrected chi connectivity index (χ3v) is 6.01. The van der Waals surface area contributed by atoms with Crippen molar-refractivity contribution in [3.8, 4) is 5.75 Å². The Labute approximate surface area is 200 Å². The summed E-state index contributed by atoms with van der Waals surface area (Å²) in [7, 11) is -3.88. The number of halogens is 3. The molecule has 0 aliphatic carbocycles. The average Bonchev–Trinajstić information content (AvgIpc) is 3.13. The van der Waals surface area contributed by atoms with Gasteiger partial charge in [-0.05, 0) is 61.0 Å². The summed E-state index contributed by atoms with van der Waals surface area (Å²) < 4.78 is 70.7. The summed E-state index contributed by atoms with van der Waals surface area (Å²) in [6.45, 7) is 2.84. The first-order valence-electron chi connectivity index (χ1n) is 10.4. The maximum atomic E-state index is 12.4. The van der Waals surface area contributed by atoms with Crippen LogP contribution in [0.1, 0.15) is 12.5 Å². The van der Waals surface area contributed by atoms with Crippen molar-refractivity contribution in [1.82, 2.24) is 9.88 Å². The number of allylic oxidation sites excluding steroid dienone is 1. The maximum Gasteiger partial charge on any atom is 0.573 e. The van der Waals surface area contributed by atoms with E-state index in [2.05, 4.69) is 19.2 Å². The van der Waals surface area contributed by atoms with E-state index in [4.69, 9.17) is 0 Å². The van der Waals surface area contributed by atoms with Crippen LogP contribution >= 0.6 is 0 Å². The Balaban J connectivity index is 1.38. The number of nitrogens with one attached hydrogen (secondary N) is 2. The molecule has 2 N–H and O–H groups in total. The first kappa shape index (κ1) is 24.2. The Morgan fingerprint density at radius 1 is 1.03 bits per heavy atom. The van der Waals surface area contributed by atoms with Crippen molar-refractivity contribution < 1.29 is 26.3 Å². The van der Waals surface area contributed by atoms with E-state index >= 15 is 0 Å². The molecule has 0 unspecified atom stereocenters. The number of hydrogen-bond acceptors (Lipinski definition) is 6. The molecule has 12 heteroatoms. The third-order valence-electron chi connectivity index (χ3n) is 5.03. The molecular formula is C23H22F3N5O3S. The van der Waals surface area contributed by atoms with Gasteiger partial charge in [-0.25, -0.2) is 4.98 Å². The molecule has 1 aromatic heterocycles. The Kier molecular flexibility index (Phi) is 6.74. The van der Waals surface area contributed by atoms with E-state index in [9.17, 15) is 21.6 Å². The van der Waals surface area contributed by atoms with Gasteiger partial charge >= 0.3 is 16.6 Å². The van der Waals surface area contributed by atoms with Gasteiger partial charge < -0.3 is 14.5 Å². The monoisotopic (exact) mass is 505 g/mol. The molecule has 0 fully saturated rings. The summed E-state index contributed by atoms with van der Waals surface area (Å²) in [6, 6.07) is 17.5. The largest absolute Gasteiger partial charge is 0.573 e. The highest BCUT2D eigenvalue weighted by Gasteiger charge is 2.31. The zero-order valence-electron chi connectivity index (χ0n) is 18.5. The highest BCUT2D eigenvalue weighted by molar-refractivity contribution is 7.94. The number of para-hydroxylation sites is 1. The standard InChI is InChI=1S/C23H22F3N5O3S/c1-17-14-31(20-7-9-21(10-8-20)34-23(24,25)26)16-30(17)15-18-11-12-27-22(13-18)29-35(32,33)28-19-5-3-2-4-6-19/h2-14,28H,15-16H2,1H3,(H,27,29). The summed E-state index contributed by atoms with van der Waals surface area (Å²) in [5.74, 6) is -0.115. The van der Waals surface area contributed by atoms with Gasteiger partial charge in [0.2, 0.25) is 0 Å². The third kappa shape index (κ3) is 6.79. The van der Waals surface area contributed by atoms with Crippen LogP contribution < -0.4 is 19.1 Å². The number of alkyl halides is 3.